The molecule has 0 bridgehead atoms. The highest BCUT2D eigenvalue weighted by atomic mass is 32.1. The lowest BCUT2D eigenvalue weighted by Gasteiger charge is -2.16. The molecular weight excluding hydrogens is 270 g/mol. The smallest absolute Gasteiger partial charge is 0.191 e. The van der Waals surface area contributed by atoms with E-state index < -0.39 is 0 Å². The number of guanidine groups is 1. The van der Waals surface area contributed by atoms with Crippen molar-refractivity contribution in [1.29, 1.82) is 0 Å². The lowest BCUT2D eigenvalue weighted by molar-refractivity contribution is 0.357. The van der Waals surface area contributed by atoms with Gasteiger partial charge in [0.25, 0.3) is 0 Å². The van der Waals surface area contributed by atoms with Crippen LogP contribution in [0.3, 0.4) is 0 Å². The Labute approximate surface area is 126 Å². The van der Waals surface area contributed by atoms with Gasteiger partial charge < -0.3 is 15.5 Å². The van der Waals surface area contributed by atoms with Crippen LogP contribution >= 0.6 is 11.3 Å². The standard InChI is InChI=1S/C14H27N5S/c1-6-15-14(16-8-9-19(5)7-2)17-10-13-18-11(3)12(4)20-13/h6-10H2,1-5H3,(H2,15,16,17). The van der Waals surface area contributed by atoms with Crippen molar-refractivity contribution in [2.75, 3.05) is 33.2 Å². The quantitative estimate of drug-likeness (QED) is 0.595. The molecule has 0 aromatic carbocycles. The number of aryl methyl sites for hydroxylation is 2. The number of hydrogen-bond acceptors (Lipinski definition) is 4. The van der Waals surface area contributed by atoms with Gasteiger partial charge in [-0.2, -0.15) is 0 Å². The summed E-state index contributed by atoms with van der Waals surface area (Å²) < 4.78 is 0. The first-order valence-electron chi connectivity index (χ1n) is 7.20. The topological polar surface area (TPSA) is 52.6 Å². The van der Waals surface area contributed by atoms with Crippen molar-refractivity contribution >= 4 is 17.3 Å². The van der Waals surface area contributed by atoms with Crippen molar-refractivity contribution in [1.82, 2.24) is 20.5 Å². The Morgan fingerprint density at radius 2 is 2.05 bits per heavy atom. The number of nitrogens with zero attached hydrogens (tertiary/aromatic N) is 3. The van der Waals surface area contributed by atoms with E-state index in [1.165, 1.54) is 4.88 Å². The molecule has 5 nitrogen and oxygen atoms in total. The average Bonchev–Trinajstić information content (AvgIpc) is 2.75. The number of hydrogen-bond donors (Lipinski definition) is 2. The van der Waals surface area contributed by atoms with Crippen LogP contribution in [0.5, 0.6) is 0 Å². The van der Waals surface area contributed by atoms with Gasteiger partial charge >= 0.3 is 0 Å². The molecule has 0 aliphatic carbocycles. The molecule has 1 aromatic heterocycles. The molecule has 1 rings (SSSR count). The second-order valence-corrected chi connectivity index (χ2v) is 6.05. The van der Waals surface area contributed by atoms with Gasteiger partial charge in [0.2, 0.25) is 0 Å². The van der Waals surface area contributed by atoms with Gasteiger partial charge in [-0.15, -0.1) is 11.3 Å². The van der Waals surface area contributed by atoms with Gasteiger partial charge in [-0.05, 0) is 34.4 Å². The third-order valence-electron chi connectivity index (χ3n) is 3.12. The summed E-state index contributed by atoms with van der Waals surface area (Å²) in [5.74, 6) is 0.863. The van der Waals surface area contributed by atoms with Crippen LogP contribution < -0.4 is 10.6 Å². The molecular formula is C14H27N5S. The Morgan fingerprint density at radius 1 is 1.30 bits per heavy atom. The van der Waals surface area contributed by atoms with Gasteiger partial charge in [-0.3, -0.25) is 0 Å². The molecule has 0 amide bonds. The number of aliphatic imine (C=N–C) groups is 1. The van der Waals surface area contributed by atoms with Crippen molar-refractivity contribution in [3.8, 4) is 0 Å². The second-order valence-electron chi connectivity index (χ2n) is 4.77. The van der Waals surface area contributed by atoms with Crippen molar-refractivity contribution in [2.24, 2.45) is 4.99 Å². The molecule has 0 spiro atoms. The average molecular weight is 297 g/mol. The molecule has 1 heterocycles. The minimum Gasteiger partial charge on any atom is -0.357 e. The summed E-state index contributed by atoms with van der Waals surface area (Å²) in [7, 11) is 2.12. The van der Waals surface area contributed by atoms with E-state index in [1.807, 2.05) is 6.92 Å². The first kappa shape index (κ1) is 16.9. The largest absolute Gasteiger partial charge is 0.357 e. The summed E-state index contributed by atoms with van der Waals surface area (Å²) in [5, 5.41) is 7.69. The molecule has 0 aliphatic heterocycles. The zero-order valence-electron chi connectivity index (χ0n) is 13.3. The second kappa shape index (κ2) is 8.92. The lowest BCUT2D eigenvalue weighted by Crippen LogP contribution is -2.40. The Hall–Kier alpha value is -1.14. The predicted molar refractivity (Wildman–Crippen MR) is 87.6 cm³/mol. The number of likely N-dealkylation sites (N-methyl/N-ethyl adjacent to an activating group) is 1. The van der Waals surface area contributed by atoms with Crippen molar-refractivity contribution in [3.05, 3.63) is 15.6 Å². The van der Waals surface area contributed by atoms with Crippen LogP contribution in [0.4, 0.5) is 0 Å². The first-order valence-corrected chi connectivity index (χ1v) is 8.02. The van der Waals surface area contributed by atoms with E-state index in [4.69, 9.17) is 0 Å². The molecule has 0 saturated carbocycles. The van der Waals surface area contributed by atoms with Gasteiger partial charge in [-0.1, -0.05) is 6.92 Å². The van der Waals surface area contributed by atoms with Crippen LogP contribution in [-0.2, 0) is 6.54 Å². The third-order valence-corrected chi connectivity index (χ3v) is 4.17. The Morgan fingerprint density at radius 3 is 2.60 bits per heavy atom. The molecule has 6 heteroatoms. The molecule has 0 radical (unpaired) electrons. The van der Waals surface area contributed by atoms with Gasteiger partial charge in [0.1, 0.15) is 5.01 Å². The van der Waals surface area contributed by atoms with Crippen LogP contribution in [0.25, 0.3) is 0 Å². The molecule has 0 atom stereocenters. The van der Waals surface area contributed by atoms with Crippen LogP contribution in [0, 0.1) is 13.8 Å². The summed E-state index contributed by atoms with van der Waals surface area (Å²) in [5.41, 5.74) is 1.11. The number of thiazole rings is 1. The van der Waals surface area contributed by atoms with Crippen molar-refractivity contribution in [3.63, 3.8) is 0 Å². The van der Waals surface area contributed by atoms with Crippen molar-refractivity contribution < 1.29 is 0 Å². The van der Waals surface area contributed by atoms with Gasteiger partial charge in [-0.25, -0.2) is 9.98 Å². The maximum Gasteiger partial charge on any atom is 0.191 e. The zero-order chi connectivity index (χ0) is 15.0. The van der Waals surface area contributed by atoms with E-state index in [-0.39, 0.29) is 0 Å². The molecule has 114 valence electrons. The van der Waals surface area contributed by atoms with Crippen LogP contribution in [0.15, 0.2) is 4.99 Å². The summed E-state index contributed by atoms with van der Waals surface area (Å²) in [6.45, 7) is 12.9. The SMILES string of the molecule is CCNC(=NCc1nc(C)c(C)s1)NCCN(C)CC. The minimum absolute atomic E-state index is 0.637. The fraction of sp³-hybridized carbons (Fsp3) is 0.714. The Balaban J connectivity index is 2.49. The number of aromatic nitrogens is 1. The van der Waals surface area contributed by atoms with Crippen LogP contribution in [-0.4, -0.2) is 49.1 Å². The highest BCUT2D eigenvalue weighted by Gasteiger charge is 2.04. The first-order chi connectivity index (χ1) is 9.56. The third kappa shape index (κ3) is 5.88. The summed E-state index contributed by atoms with van der Waals surface area (Å²) >= 11 is 1.72. The number of nitrogens with one attached hydrogen (secondary N) is 2. The van der Waals surface area contributed by atoms with E-state index in [1.54, 1.807) is 11.3 Å². The highest BCUT2D eigenvalue weighted by molar-refractivity contribution is 7.11. The van der Waals surface area contributed by atoms with Crippen LogP contribution in [0.2, 0.25) is 0 Å². The molecule has 0 saturated heterocycles. The molecule has 1 aromatic rings. The van der Waals surface area contributed by atoms with Gasteiger partial charge in [0, 0.05) is 24.5 Å². The van der Waals surface area contributed by atoms with Gasteiger partial charge in [0.05, 0.1) is 12.2 Å². The summed E-state index contributed by atoms with van der Waals surface area (Å²) in [6, 6.07) is 0. The van der Waals surface area contributed by atoms with Gasteiger partial charge in [0.15, 0.2) is 5.96 Å². The molecule has 20 heavy (non-hydrogen) atoms. The monoisotopic (exact) mass is 297 g/mol. The van der Waals surface area contributed by atoms with E-state index >= 15 is 0 Å². The minimum atomic E-state index is 0.637. The van der Waals surface area contributed by atoms with E-state index in [2.05, 4.69) is 53.3 Å². The highest BCUT2D eigenvalue weighted by Crippen LogP contribution is 2.16. The number of rotatable bonds is 7. The molecule has 0 fully saturated rings. The normalized spacial score (nSPS) is 12.0. The van der Waals surface area contributed by atoms with E-state index in [9.17, 15) is 0 Å². The fourth-order valence-corrected chi connectivity index (χ4v) is 2.48. The maximum absolute atomic E-state index is 4.58. The Kier molecular flexibility index (Phi) is 7.54. The van der Waals surface area contributed by atoms with E-state index in [0.29, 0.717) is 6.54 Å². The van der Waals surface area contributed by atoms with Crippen molar-refractivity contribution in [2.45, 2.75) is 34.2 Å². The van der Waals surface area contributed by atoms with Crippen LogP contribution in [0.1, 0.15) is 29.4 Å². The lowest BCUT2D eigenvalue weighted by atomic mass is 10.4. The molecule has 2 N–H and O–H groups in total. The maximum atomic E-state index is 4.58. The Bertz CT molecular complexity index is 408. The zero-order valence-corrected chi connectivity index (χ0v) is 14.1. The molecule has 0 aliphatic rings. The predicted octanol–water partition coefficient (Wildman–Crippen LogP) is 1.77. The summed E-state index contributed by atoms with van der Waals surface area (Å²) in [4.78, 5) is 12.6. The fourth-order valence-electron chi connectivity index (χ4n) is 1.62. The van der Waals surface area contributed by atoms with E-state index in [0.717, 1.165) is 42.8 Å². The summed E-state index contributed by atoms with van der Waals surface area (Å²) in [6.07, 6.45) is 0. The molecule has 0 unspecified atom stereocenters.